The first-order chi connectivity index (χ1) is 60.0. The Morgan fingerprint density at radius 3 is 1.11 bits per heavy atom. The Balaban J connectivity index is 0.000000157. The summed E-state index contributed by atoms with van der Waals surface area (Å²) in [6.07, 6.45) is 2.24. The molecule has 9 heterocycles. The van der Waals surface area contributed by atoms with Gasteiger partial charge in [-0.2, -0.15) is 21.0 Å². The molecule has 0 aliphatic carbocycles. The van der Waals surface area contributed by atoms with Crippen molar-refractivity contribution in [1.29, 1.82) is 21.0 Å². The summed E-state index contributed by atoms with van der Waals surface area (Å²) < 4.78 is 46.0. The topological polar surface area (TPSA) is 403 Å². The summed E-state index contributed by atoms with van der Waals surface area (Å²) in [4.78, 5) is 128. The van der Waals surface area contributed by atoms with Crippen LogP contribution in [-0.4, -0.2) is 113 Å². The molecule has 17 rings (SSSR count). The number of pyridine rings is 5. The molecule has 4 aliphatic rings. The van der Waals surface area contributed by atoms with Crippen molar-refractivity contribution in [1.82, 2.24) is 44.9 Å². The number of fused-ring (bicyclic) bond motifs is 5. The second kappa shape index (κ2) is 44.2. The number of nitrogens with one attached hydrogen (secondary N) is 1. The zero-order chi connectivity index (χ0) is 90.1. The first kappa shape index (κ1) is 93.3. The normalized spacial score (nSPS) is 13.0. The summed E-state index contributed by atoms with van der Waals surface area (Å²) in [5.74, 6) is -2.65. The van der Waals surface area contributed by atoms with Gasteiger partial charge in [-0.1, -0.05) is 136 Å². The second-order valence-electron chi connectivity index (χ2n) is 27.3. The van der Waals surface area contributed by atoms with E-state index in [1.54, 1.807) is 84.9 Å². The summed E-state index contributed by atoms with van der Waals surface area (Å²) in [7, 11) is 4.89. The fourth-order valence-corrected chi connectivity index (χ4v) is 13.9. The Labute approximate surface area is 742 Å². The number of nitrogens with zero attached hydrogens (tertiary/aromatic N) is 13. The van der Waals surface area contributed by atoms with Gasteiger partial charge in [0.05, 0.1) is 62.3 Å². The molecule has 9 amide bonds. The third-order valence-electron chi connectivity index (χ3n) is 18.8. The van der Waals surface area contributed by atoms with Crippen molar-refractivity contribution >= 4 is 187 Å². The van der Waals surface area contributed by atoms with Gasteiger partial charge < -0.3 is 15.4 Å². The minimum atomic E-state index is -0.680. The van der Waals surface area contributed by atoms with Crippen molar-refractivity contribution in [2.75, 3.05) is 0 Å². The SMILES string of the molecule is Cc1ccc2c(Cl)cc(C#N)nc2c1.N#Cc1cc(-c2ccc(F)cc2)c2ccc(CN3C(=O)CCC3=O)cc2n1.N#Cc1cc(Cl)c2ccc(CBr)cc2n1.N#Cc1cc(Cl)c2ccc(CN3C(=O)CCC3=O)cc2n1.NC(=O)c1cc(-c2ccc(F)cc2)c2ccc(CN3C(=O)CCC3=O)cc2n1.O=C1CCC(=O)N1.O[B]Oc1ccc(F)cc1.[B]=NS. The van der Waals surface area contributed by atoms with Crippen LogP contribution in [0, 0.1) is 69.7 Å². The number of nitrogens with two attached hydrogens (primary N) is 1. The molecule has 0 spiro atoms. The van der Waals surface area contributed by atoms with Crippen LogP contribution in [0.5, 0.6) is 5.75 Å². The van der Waals surface area contributed by atoms with Crippen molar-refractivity contribution in [2.45, 2.75) is 83.3 Å². The standard InChI is InChI=1S/C21H16FN3O3.C21H14FN3O2.C15H10ClN3O2.C11H6BrClN2.C11H7ClN2.C6H5BFO2.C4H5NO2.BHNS/c22-14-4-2-13(3-5-14)16-10-18(21(23)28)24-17-9-12(1-6-15(16)17)11-25-19(26)7-8-20(25)27;22-15-4-2-14(3-5-15)18-10-16(11-23)24-19-9-13(1-6-17(18)19)12-25-20(26)7-8-21(25)27;16-12-6-10(7-17)18-13-5-9(1-2-11(12)13)8-19-14(20)3-4-15(19)21;12-5-7-1-2-9-10(13)4-8(6-14)15-11(9)3-7;1-7-2-3-9-10(12)5-8(6-13)14-11(9)4-7;8-5-1-3-6(4-2-5)10-7-9;6-3-1-2-4(7)5-3;1-2-3/h1-6,9-10H,7-8,11H2,(H2,23,28);1-6,9-10H,7-8,12H2;1-2,5-6H,3-4,8H2;1-4H,5H2;2-5H,1H3;1-4,9H;1-2H2,(H,5,6,7);3H. The number of thiol groups is 1. The number of imide groups is 4. The molecule has 622 valence electrons. The zero-order valence-corrected chi connectivity index (χ0v) is 70.4. The van der Waals surface area contributed by atoms with E-state index in [4.69, 9.17) is 61.3 Å². The molecule has 36 heteroatoms. The molecule has 2 radical (unpaired) electrons. The molecule has 0 unspecified atom stereocenters. The van der Waals surface area contributed by atoms with Gasteiger partial charge in [0.15, 0.2) is 0 Å². The van der Waals surface area contributed by atoms with Crippen LogP contribution >= 0.6 is 63.5 Å². The van der Waals surface area contributed by atoms with Gasteiger partial charge in [0.1, 0.15) is 75.9 Å². The summed E-state index contributed by atoms with van der Waals surface area (Å²) in [5, 5.41) is 52.4. The number of benzene rings is 8. The van der Waals surface area contributed by atoms with Crippen LogP contribution in [0.15, 0.2) is 198 Å². The number of aryl methyl sites for hydroxylation is 1. The monoisotopic (exact) mass is 1810 g/mol. The Morgan fingerprint density at radius 2 is 0.776 bits per heavy atom. The fraction of sp³-hybridized carbons (Fsp3) is 0.146. The number of likely N-dealkylation sites (tertiary alicyclic amines) is 3. The fourth-order valence-electron chi connectivity index (χ4n) is 12.8. The molecule has 0 saturated carbocycles. The summed E-state index contributed by atoms with van der Waals surface area (Å²) in [5.41, 5.74) is 17.3. The molecule has 4 saturated heterocycles. The van der Waals surface area contributed by atoms with Crippen molar-refractivity contribution in [3.63, 3.8) is 0 Å². The number of alkyl halides is 1. The molecule has 0 bridgehead atoms. The number of primary amides is 1. The number of carbonyl (C=O) groups excluding carboxylic acids is 9. The van der Waals surface area contributed by atoms with E-state index in [-0.39, 0.29) is 140 Å². The first-order valence-corrected chi connectivity index (χ1v) is 40.0. The van der Waals surface area contributed by atoms with E-state index in [1.807, 2.05) is 85.8 Å². The number of nitriles is 4. The Hall–Kier alpha value is -14.0. The van der Waals surface area contributed by atoms with Crippen LogP contribution in [0.2, 0.25) is 15.1 Å². The zero-order valence-electron chi connectivity index (χ0n) is 65.6. The van der Waals surface area contributed by atoms with E-state index in [9.17, 15) is 61.6 Å². The van der Waals surface area contributed by atoms with Gasteiger partial charge in [-0.25, -0.2) is 38.1 Å². The average molecular weight is 1820 g/mol. The van der Waals surface area contributed by atoms with E-state index >= 15 is 0 Å². The molecule has 26 nitrogen and oxygen atoms in total. The minimum absolute atomic E-state index is 0.0808. The third-order valence-corrected chi connectivity index (χ3v) is 20.4. The number of halogens is 7. The van der Waals surface area contributed by atoms with Crippen LogP contribution in [0.1, 0.15) is 112 Å². The predicted molar refractivity (Wildman–Crippen MR) is 468 cm³/mol. The number of hydrogen-bond acceptors (Lipinski definition) is 22. The van der Waals surface area contributed by atoms with Crippen LogP contribution in [0.25, 0.3) is 76.8 Å². The maximum atomic E-state index is 13.3. The van der Waals surface area contributed by atoms with Crippen LogP contribution in [0.4, 0.5) is 13.2 Å². The molecular formula is C89H64B2BrCl3F3N15O11S. The molecule has 13 aromatic rings. The molecule has 8 aromatic carbocycles. The quantitative estimate of drug-likeness (QED) is 0.0382. The van der Waals surface area contributed by atoms with E-state index < -0.39 is 5.91 Å². The molecular weight excluding hydrogens is 1750 g/mol. The number of rotatable bonds is 12. The number of hydrogen-bond donors (Lipinski definition) is 4. The summed E-state index contributed by atoms with van der Waals surface area (Å²) >= 11 is 24.7. The van der Waals surface area contributed by atoms with Crippen LogP contribution < -0.4 is 15.7 Å². The van der Waals surface area contributed by atoms with Crippen LogP contribution in [0.3, 0.4) is 0 Å². The number of aromatic nitrogens is 5. The first-order valence-electron chi connectivity index (χ1n) is 37.4. The van der Waals surface area contributed by atoms with E-state index in [0.29, 0.717) is 80.4 Å². The van der Waals surface area contributed by atoms with Crippen molar-refractivity contribution in [3.05, 3.63) is 283 Å². The Morgan fingerprint density at radius 1 is 0.472 bits per heavy atom. The van der Waals surface area contributed by atoms with Gasteiger partial charge in [-0.15, -0.1) is 0 Å². The summed E-state index contributed by atoms with van der Waals surface area (Å²) in [6, 6.07) is 61.0. The average Bonchev–Trinajstić information content (AvgIpc) is 1.59. The predicted octanol–water partition coefficient (Wildman–Crippen LogP) is 15.8. The molecule has 125 heavy (non-hydrogen) atoms. The number of carbonyl (C=O) groups is 9. The van der Waals surface area contributed by atoms with E-state index in [0.717, 1.165) is 82.2 Å². The number of amides is 9. The molecule has 4 fully saturated rings. The van der Waals surface area contributed by atoms with E-state index in [2.05, 4.69) is 75.6 Å². The molecule has 0 atom stereocenters. The van der Waals surface area contributed by atoms with Crippen LogP contribution in [-0.2, 0) is 63.3 Å². The summed E-state index contributed by atoms with van der Waals surface area (Å²) in [6.45, 7) is 2.55. The second-order valence-corrected chi connectivity index (χ2v) is 29.4. The van der Waals surface area contributed by atoms with Crippen molar-refractivity contribution < 1.29 is 66.0 Å². The van der Waals surface area contributed by atoms with Gasteiger partial charge in [-0.05, 0) is 166 Å². The molecule has 4 N–H and O–H groups in total. The van der Waals surface area contributed by atoms with Crippen molar-refractivity contribution in [3.8, 4) is 52.3 Å². The van der Waals surface area contributed by atoms with Crippen molar-refractivity contribution in [2.24, 2.45) is 10.0 Å². The van der Waals surface area contributed by atoms with Gasteiger partial charge in [0, 0.05) is 83.6 Å². The van der Waals surface area contributed by atoms with E-state index in [1.165, 1.54) is 69.3 Å². The third kappa shape index (κ3) is 25.1. The van der Waals surface area contributed by atoms with Gasteiger partial charge in [-0.3, -0.25) is 63.2 Å². The molecule has 4 aliphatic heterocycles. The molecule has 5 aromatic heterocycles. The van der Waals surface area contributed by atoms with Gasteiger partial charge in [0.25, 0.3) is 5.91 Å². The van der Waals surface area contributed by atoms with Gasteiger partial charge in [0.2, 0.25) is 47.3 Å². The Bertz CT molecular complexity index is 6550. The Kier molecular flexibility index (Phi) is 32.9. The maximum absolute atomic E-state index is 13.3. The van der Waals surface area contributed by atoms with Gasteiger partial charge >= 0.3 is 32.4 Å².